The van der Waals surface area contributed by atoms with Crippen LogP contribution in [0.3, 0.4) is 0 Å². The van der Waals surface area contributed by atoms with Crippen molar-refractivity contribution in [2.45, 2.75) is 44.2 Å². The summed E-state index contributed by atoms with van der Waals surface area (Å²) in [5.41, 5.74) is 6.56. The largest absolute Gasteiger partial charge is 0.489 e. The number of unbranched alkanes of at least 4 members (excludes halogenated alkanes) is 1. The van der Waals surface area contributed by atoms with Crippen LogP contribution in [0.2, 0.25) is 0 Å². The van der Waals surface area contributed by atoms with Crippen LogP contribution in [0.25, 0.3) is 0 Å². The molecule has 0 bridgehead atoms. The molecule has 1 aliphatic heterocycles. The highest BCUT2D eigenvalue weighted by molar-refractivity contribution is 5.81. The molecule has 5 nitrogen and oxygen atoms in total. The normalized spacial score (nSPS) is 17.3. The molecule has 1 aromatic carbocycles. The lowest BCUT2D eigenvalue weighted by Gasteiger charge is -2.23. The highest BCUT2D eigenvalue weighted by Crippen LogP contribution is 2.17. The monoisotopic (exact) mass is 353 g/mol. The lowest BCUT2D eigenvalue weighted by molar-refractivity contribution is -0.122. The standard InChI is InChI=1S/C21H27N3O2/c1-2-8-20(22)21(25)24-14-5-3-4-9-17-10-6-11-18(15-17)26-19-12-7-13-23-16-19/h1,6,10-11,15,19-20,23H,3,5,7-8,12-14,16,22H2,(H,24,25)/t19-,20+/m1/s1. The summed E-state index contributed by atoms with van der Waals surface area (Å²) in [5.74, 6) is 9.31. The minimum absolute atomic E-state index is 0.210. The average molecular weight is 353 g/mol. The molecule has 1 aliphatic rings. The first kappa shape index (κ1) is 19.8. The van der Waals surface area contributed by atoms with Gasteiger partial charge in [0.25, 0.3) is 0 Å². The number of ether oxygens (including phenoxy) is 1. The molecule has 0 unspecified atom stereocenters. The maximum atomic E-state index is 11.6. The van der Waals surface area contributed by atoms with Crippen molar-refractivity contribution >= 4 is 5.91 Å². The van der Waals surface area contributed by atoms with E-state index in [-0.39, 0.29) is 18.4 Å². The van der Waals surface area contributed by atoms with Gasteiger partial charge in [-0.2, -0.15) is 0 Å². The number of amides is 1. The second-order valence-electron chi connectivity index (χ2n) is 6.33. The number of hydrogen-bond donors (Lipinski definition) is 3. The van der Waals surface area contributed by atoms with E-state index in [2.05, 4.69) is 28.4 Å². The minimum atomic E-state index is -0.631. The van der Waals surface area contributed by atoms with Crippen LogP contribution in [0, 0.1) is 24.2 Å². The summed E-state index contributed by atoms with van der Waals surface area (Å²) in [6, 6.07) is 7.24. The average Bonchev–Trinajstić information content (AvgIpc) is 2.65. The lowest BCUT2D eigenvalue weighted by Crippen LogP contribution is -2.40. The van der Waals surface area contributed by atoms with Gasteiger partial charge in [-0.05, 0) is 44.0 Å². The predicted molar refractivity (Wildman–Crippen MR) is 104 cm³/mol. The molecule has 0 aliphatic carbocycles. The molecule has 1 heterocycles. The predicted octanol–water partition coefficient (Wildman–Crippen LogP) is 1.42. The van der Waals surface area contributed by atoms with E-state index < -0.39 is 6.04 Å². The molecule has 0 saturated carbocycles. The first-order valence-corrected chi connectivity index (χ1v) is 9.12. The Labute approximate surface area is 156 Å². The molecule has 4 N–H and O–H groups in total. The molecular formula is C21H27N3O2. The van der Waals surface area contributed by atoms with E-state index in [9.17, 15) is 4.79 Å². The van der Waals surface area contributed by atoms with Crippen molar-refractivity contribution in [2.75, 3.05) is 19.6 Å². The van der Waals surface area contributed by atoms with Gasteiger partial charge in [-0.3, -0.25) is 4.79 Å². The Morgan fingerprint density at radius 1 is 1.50 bits per heavy atom. The van der Waals surface area contributed by atoms with Gasteiger partial charge in [0.05, 0.1) is 6.04 Å². The molecule has 1 amide bonds. The second-order valence-corrected chi connectivity index (χ2v) is 6.33. The summed E-state index contributed by atoms with van der Waals surface area (Å²) in [5, 5.41) is 6.11. The highest BCUT2D eigenvalue weighted by atomic mass is 16.5. The summed E-state index contributed by atoms with van der Waals surface area (Å²) >= 11 is 0. The Hall–Kier alpha value is -2.47. The summed E-state index contributed by atoms with van der Waals surface area (Å²) in [4.78, 5) is 11.6. The SMILES string of the molecule is C#CC[C@H](N)C(=O)NCCCC#Cc1cccc(O[C@@H]2CCCNC2)c1. The van der Waals surface area contributed by atoms with Crippen molar-refractivity contribution in [1.82, 2.24) is 10.6 Å². The van der Waals surface area contributed by atoms with Gasteiger partial charge < -0.3 is 21.1 Å². The van der Waals surface area contributed by atoms with Crippen molar-refractivity contribution in [3.05, 3.63) is 29.8 Å². The van der Waals surface area contributed by atoms with E-state index in [1.54, 1.807) is 0 Å². The summed E-state index contributed by atoms with van der Waals surface area (Å²) in [7, 11) is 0. The zero-order valence-corrected chi connectivity index (χ0v) is 15.1. The molecule has 1 saturated heterocycles. The van der Waals surface area contributed by atoms with Crippen LogP contribution in [0.5, 0.6) is 5.75 Å². The number of nitrogens with one attached hydrogen (secondary N) is 2. The molecule has 0 spiro atoms. The van der Waals surface area contributed by atoms with E-state index in [4.69, 9.17) is 16.9 Å². The van der Waals surface area contributed by atoms with E-state index in [0.717, 1.165) is 43.7 Å². The molecule has 2 rings (SSSR count). The molecule has 138 valence electrons. The summed E-state index contributed by atoms with van der Waals surface area (Å²) in [6.07, 6.45) is 9.32. The van der Waals surface area contributed by atoms with E-state index in [0.29, 0.717) is 13.0 Å². The van der Waals surface area contributed by atoms with Crippen molar-refractivity contribution < 1.29 is 9.53 Å². The van der Waals surface area contributed by atoms with E-state index in [1.165, 1.54) is 0 Å². The fourth-order valence-corrected chi connectivity index (χ4v) is 2.66. The molecule has 1 fully saturated rings. The van der Waals surface area contributed by atoms with Gasteiger partial charge in [-0.25, -0.2) is 0 Å². The van der Waals surface area contributed by atoms with E-state index >= 15 is 0 Å². The van der Waals surface area contributed by atoms with Crippen LogP contribution >= 0.6 is 0 Å². The van der Waals surface area contributed by atoms with Crippen molar-refractivity contribution in [2.24, 2.45) is 5.73 Å². The van der Waals surface area contributed by atoms with Crippen LogP contribution in [0.1, 0.15) is 37.7 Å². The van der Waals surface area contributed by atoms with Crippen LogP contribution in [0.4, 0.5) is 0 Å². The number of hydrogen-bond acceptors (Lipinski definition) is 4. The third kappa shape index (κ3) is 7.19. The third-order valence-electron chi connectivity index (χ3n) is 4.07. The molecule has 26 heavy (non-hydrogen) atoms. The molecule has 0 radical (unpaired) electrons. The molecule has 2 atom stereocenters. The Morgan fingerprint density at radius 2 is 2.38 bits per heavy atom. The molecule has 1 aromatic rings. The first-order valence-electron chi connectivity index (χ1n) is 9.12. The van der Waals surface area contributed by atoms with Crippen molar-refractivity contribution in [3.8, 4) is 29.9 Å². The third-order valence-corrected chi connectivity index (χ3v) is 4.07. The van der Waals surface area contributed by atoms with Gasteiger partial charge in [-0.15, -0.1) is 12.3 Å². The van der Waals surface area contributed by atoms with Crippen LogP contribution < -0.4 is 21.1 Å². The number of benzene rings is 1. The van der Waals surface area contributed by atoms with E-state index in [1.807, 2.05) is 24.3 Å². The van der Waals surface area contributed by atoms with Gasteiger partial charge in [-0.1, -0.05) is 17.9 Å². The maximum absolute atomic E-state index is 11.6. The zero-order valence-electron chi connectivity index (χ0n) is 15.1. The smallest absolute Gasteiger partial charge is 0.237 e. The van der Waals surface area contributed by atoms with Crippen LogP contribution in [-0.4, -0.2) is 37.7 Å². The van der Waals surface area contributed by atoms with Crippen molar-refractivity contribution in [1.29, 1.82) is 0 Å². The summed E-state index contributed by atoms with van der Waals surface area (Å²) in [6.45, 7) is 2.51. The minimum Gasteiger partial charge on any atom is -0.489 e. The van der Waals surface area contributed by atoms with Gasteiger partial charge >= 0.3 is 0 Å². The molecule has 5 heteroatoms. The van der Waals surface area contributed by atoms with Gasteiger partial charge in [0.1, 0.15) is 11.9 Å². The molecular weight excluding hydrogens is 326 g/mol. The van der Waals surface area contributed by atoms with Gasteiger partial charge in [0.15, 0.2) is 0 Å². The van der Waals surface area contributed by atoms with Crippen LogP contribution in [-0.2, 0) is 4.79 Å². The van der Waals surface area contributed by atoms with Gasteiger partial charge in [0, 0.05) is 31.5 Å². The second kappa shape index (κ2) is 11.2. The number of rotatable bonds is 7. The summed E-state index contributed by atoms with van der Waals surface area (Å²) < 4.78 is 6.01. The van der Waals surface area contributed by atoms with Gasteiger partial charge in [0.2, 0.25) is 5.91 Å². The number of terminal acetylenes is 1. The Bertz CT molecular complexity index is 678. The lowest BCUT2D eigenvalue weighted by atomic mass is 10.1. The van der Waals surface area contributed by atoms with Crippen LogP contribution in [0.15, 0.2) is 24.3 Å². The number of piperidine rings is 1. The fourth-order valence-electron chi connectivity index (χ4n) is 2.66. The quantitative estimate of drug-likeness (QED) is 0.512. The molecule has 0 aromatic heterocycles. The van der Waals surface area contributed by atoms with Crippen molar-refractivity contribution in [3.63, 3.8) is 0 Å². The first-order chi connectivity index (χ1) is 12.7. The Balaban J connectivity index is 1.71. The number of nitrogens with two attached hydrogens (primary N) is 1. The number of carbonyl (C=O) groups excluding carboxylic acids is 1. The zero-order chi connectivity index (χ0) is 18.6. The Kier molecular flexibility index (Phi) is 8.55. The Morgan fingerprint density at radius 3 is 3.15 bits per heavy atom. The number of carbonyl (C=O) groups is 1. The highest BCUT2D eigenvalue weighted by Gasteiger charge is 2.14. The fraction of sp³-hybridized carbons (Fsp3) is 0.476. The topological polar surface area (TPSA) is 76.4 Å². The maximum Gasteiger partial charge on any atom is 0.237 e.